The van der Waals surface area contributed by atoms with Crippen LogP contribution in [0.5, 0.6) is 5.88 Å². The first-order chi connectivity index (χ1) is 19.9. The van der Waals surface area contributed by atoms with Crippen molar-refractivity contribution in [2.75, 3.05) is 6.54 Å². The molecule has 0 saturated heterocycles. The second kappa shape index (κ2) is 12.3. The van der Waals surface area contributed by atoms with Crippen LogP contribution in [0, 0.1) is 36.8 Å². The van der Waals surface area contributed by atoms with E-state index in [0.29, 0.717) is 22.3 Å². The number of aromatic nitrogens is 2. The fourth-order valence-corrected chi connectivity index (χ4v) is 4.33. The molecular formula is C31H31F2N5O4. The lowest BCUT2D eigenvalue weighted by Crippen LogP contribution is -2.40. The van der Waals surface area contributed by atoms with E-state index in [-0.39, 0.29) is 30.2 Å². The van der Waals surface area contributed by atoms with Crippen LogP contribution in [-0.2, 0) is 11.3 Å². The minimum absolute atomic E-state index is 0.00636. The number of nitriles is 1. The molecule has 11 heteroatoms. The number of hydrogen-bond donors (Lipinski definition) is 2. The average Bonchev–Trinajstić information content (AvgIpc) is 3.25. The van der Waals surface area contributed by atoms with Gasteiger partial charge < -0.3 is 20.1 Å². The summed E-state index contributed by atoms with van der Waals surface area (Å²) >= 11 is 0. The number of carbonyl (C=O) groups excluding carboxylic acids is 2. The normalized spacial score (nSPS) is 12.0. The summed E-state index contributed by atoms with van der Waals surface area (Å²) in [5, 5.41) is 19.3. The van der Waals surface area contributed by atoms with Crippen LogP contribution in [0.15, 0.2) is 54.6 Å². The molecule has 0 radical (unpaired) electrons. The Balaban J connectivity index is 1.63. The second-order valence-electron chi connectivity index (χ2n) is 10.8. The van der Waals surface area contributed by atoms with Crippen molar-refractivity contribution in [1.82, 2.24) is 20.2 Å². The molecule has 0 aliphatic rings. The molecule has 0 aliphatic carbocycles. The second-order valence-corrected chi connectivity index (χ2v) is 10.8. The highest BCUT2D eigenvalue weighted by Crippen LogP contribution is 2.26. The molecule has 2 aromatic heterocycles. The van der Waals surface area contributed by atoms with Crippen LogP contribution < -0.4 is 15.4 Å². The highest BCUT2D eigenvalue weighted by Gasteiger charge is 2.25. The number of rotatable bonds is 8. The van der Waals surface area contributed by atoms with Gasteiger partial charge in [0.05, 0.1) is 40.0 Å². The van der Waals surface area contributed by atoms with Crippen molar-refractivity contribution in [3.63, 3.8) is 0 Å². The molecule has 2 aromatic carbocycles. The van der Waals surface area contributed by atoms with Crippen molar-refractivity contribution < 1.29 is 27.8 Å². The van der Waals surface area contributed by atoms with Gasteiger partial charge in [-0.15, -0.1) is 0 Å². The zero-order chi connectivity index (χ0) is 30.6. The zero-order valence-corrected chi connectivity index (χ0v) is 23.9. The van der Waals surface area contributed by atoms with Gasteiger partial charge in [0.2, 0.25) is 5.88 Å². The van der Waals surface area contributed by atoms with E-state index in [9.17, 15) is 23.6 Å². The third-order valence-corrected chi connectivity index (χ3v) is 6.27. The fourth-order valence-electron chi connectivity index (χ4n) is 4.33. The van der Waals surface area contributed by atoms with Gasteiger partial charge in [0, 0.05) is 12.6 Å². The van der Waals surface area contributed by atoms with Crippen molar-refractivity contribution >= 4 is 17.5 Å². The van der Waals surface area contributed by atoms with Crippen LogP contribution in [0.1, 0.15) is 65.1 Å². The molecule has 4 aromatic rings. The Labute approximate surface area is 242 Å². The quantitative estimate of drug-likeness (QED) is 0.279. The molecule has 2 amide bonds. The number of amides is 2. The van der Waals surface area contributed by atoms with Crippen molar-refractivity contribution in [1.29, 1.82) is 5.26 Å². The number of alkyl carbamates (subject to hydrolysis) is 1. The summed E-state index contributed by atoms with van der Waals surface area (Å²) in [6, 6.07) is 15.0. The van der Waals surface area contributed by atoms with E-state index in [1.54, 1.807) is 71.0 Å². The van der Waals surface area contributed by atoms with Gasteiger partial charge in [0.25, 0.3) is 5.91 Å². The highest BCUT2D eigenvalue weighted by molar-refractivity contribution is 6.02. The maximum atomic E-state index is 14.2. The van der Waals surface area contributed by atoms with Crippen LogP contribution >= 0.6 is 0 Å². The van der Waals surface area contributed by atoms with Gasteiger partial charge in [-0.2, -0.15) is 14.9 Å². The Morgan fingerprint density at radius 3 is 2.36 bits per heavy atom. The molecule has 0 fully saturated rings. The first-order valence-electron chi connectivity index (χ1n) is 13.2. The van der Waals surface area contributed by atoms with Crippen molar-refractivity contribution in [2.24, 2.45) is 0 Å². The van der Waals surface area contributed by atoms with Gasteiger partial charge in [-0.05, 0) is 76.1 Å². The number of nitrogens with one attached hydrogen (secondary N) is 2. The summed E-state index contributed by atoms with van der Waals surface area (Å²) in [6.07, 6.45) is -0.647. The fraction of sp³-hybridized carbons (Fsp3) is 0.290. The predicted molar refractivity (Wildman–Crippen MR) is 151 cm³/mol. The largest absolute Gasteiger partial charge is 0.473 e. The summed E-state index contributed by atoms with van der Waals surface area (Å²) in [5.74, 6) is -1.74. The summed E-state index contributed by atoms with van der Waals surface area (Å²) in [5.41, 5.74) is 1.97. The lowest BCUT2D eigenvalue weighted by molar-refractivity contribution is 0.0519. The molecule has 0 bridgehead atoms. The lowest BCUT2D eigenvalue weighted by atomic mass is 10.0. The summed E-state index contributed by atoms with van der Waals surface area (Å²) in [7, 11) is 0. The molecule has 0 spiro atoms. The average molecular weight is 576 g/mol. The van der Waals surface area contributed by atoms with Gasteiger partial charge in [-0.25, -0.2) is 13.6 Å². The first kappa shape index (κ1) is 30.0. The van der Waals surface area contributed by atoms with E-state index in [0.717, 1.165) is 17.7 Å². The van der Waals surface area contributed by atoms with Gasteiger partial charge in [-0.3, -0.25) is 4.79 Å². The Morgan fingerprint density at radius 2 is 1.74 bits per heavy atom. The number of ether oxygens (including phenoxy) is 2. The number of halogens is 2. The monoisotopic (exact) mass is 575 g/mol. The maximum Gasteiger partial charge on any atom is 0.407 e. The molecule has 1 unspecified atom stereocenters. The van der Waals surface area contributed by atoms with E-state index in [4.69, 9.17) is 9.47 Å². The number of hydrogen-bond acceptors (Lipinski definition) is 6. The van der Waals surface area contributed by atoms with Crippen molar-refractivity contribution in [3.05, 3.63) is 99.7 Å². The Hall–Kier alpha value is -4.98. The standard InChI is InChI=1S/C31H31F2N5O4/c1-18-13-26-28(19(2)37-38(26)27(14-18)41-17-22-23(32)7-6-8-24(22)33)29(39)36-25(16-35-30(40)42-31(3,4)5)21-11-9-20(15-34)10-12-21/h6-14,25H,16-17H2,1-5H3,(H,35,40)(H,36,39). The van der Waals surface area contributed by atoms with Crippen LogP contribution in [0.3, 0.4) is 0 Å². The van der Waals surface area contributed by atoms with Gasteiger partial charge >= 0.3 is 6.09 Å². The van der Waals surface area contributed by atoms with Gasteiger partial charge in [0.15, 0.2) is 0 Å². The molecule has 0 saturated carbocycles. The van der Waals surface area contributed by atoms with E-state index in [1.165, 1.54) is 10.6 Å². The van der Waals surface area contributed by atoms with E-state index < -0.39 is 35.3 Å². The summed E-state index contributed by atoms with van der Waals surface area (Å²) in [6.45, 7) is 8.31. The molecule has 1 atom stereocenters. The van der Waals surface area contributed by atoms with Crippen LogP contribution in [0.2, 0.25) is 0 Å². The molecule has 2 heterocycles. The minimum Gasteiger partial charge on any atom is -0.473 e. The number of fused-ring (bicyclic) bond motifs is 1. The third kappa shape index (κ3) is 7.01. The topological polar surface area (TPSA) is 118 Å². The molecule has 218 valence electrons. The zero-order valence-electron chi connectivity index (χ0n) is 23.9. The lowest BCUT2D eigenvalue weighted by Gasteiger charge is -2.23. The predicted octanol–water partition coefficient (Wildman–Crippen LogP) is 5.68. The maximum absolute atomic E-state index is 14.2. The number of pyridine rings is 1. The SMILES string of the molecule is Cc1cc(OCc2c(F)cccc2F)n2nc(C)c(C(=O)NC(CNC(=O)OC(C)(C)C)c3ccc(C#N)cc3)c2c1. The Bertz CT molecular complexity index is 1650. The van der Waals surface area contributed by atoms with Crippen LogP contribution in [0.4, 0.5) is 13.6 Å². The van der Waals surface area contributed by atoms with E-state index in [1.807, 2.05) is 0 Å². The van der Waals surface area contributed by atoms with Crippen LogP contribution in [0.25, 0.3) is 5.52 Å². The van der Waals surface area contributed by atoms with Gasteiger partial charge in [0.1, 0.15) is 23.8 Å². The molecule has 4 rings (SSSR count). The number of aryl methyl sites for hydroxylation is 2. The summed E-state index contributed by atoms with van der Waals surface area (Å²) < 4.78 is 40.9. The van der Waals surface area contributed by atoms with E-state index in [2.05, 4.69) is 21.8 Å². The number of nitrogens with zero attached hydrogens (tertiary/aromatic N) is 3. The highest BCUT2D eigenvalue weighted by atomic mass is 19.1. The number of carbonyl (C=O) groups is 2. The first-order valence-corrected chi connectivity index (χ1v) is 13.2. The van der Waals surface area contributed by atoms with Crippen molar-refractivity contribution in [3.8, 4) is 11.9 Å². The van der Waals surface area contributed by atoms with Crippen molar-refractivity contribution in [2.45, 2.75) is 52.9 Å². The van der Waals surface area contributed by atoms with Gasteiger partial charge in [-0.1, -0.05) is 18.2 Å². The molecule has 42 heavy (non-hydrogen) atoms. The molecule has 0 aliphatic heterocycles. The molecule has 9 nitrogen and oxygen atoms in total. The minimum atomic E-state index is -0.732. The molecular weight excluding hydrogens is 544 g/mol. The smallest absolute Gasteiger partial charge is 0.407 e. The van der Waals surface area contributed by atoms with E-state index >= 15 is 0 Å². The number of benzene rings is 2. The Morgan fingerprint density at radius 1 is 1.07 bits per heavy atom. The molecule has 2 N–H and O–H groups in total. The summed E-state index contributed by atoms with van der Waals surface area (Å²) in [4.78, 5) is 26.1. The van der Waals surface area contributed by atoms with Crippen LogP contribution in [-0.4, -0.2) is 33.8 Å². The third-order valence-electron chi connectivity index (χ3n) is 6.27. The Kier molecular flexibility index (Phi) is 8.76.